The molecule has 0 bridgehead atoms. The molecule has 8 nitrogen and oxygen atoms in total. The molecule has 0 spiro atoms. The van der Waals surface area contributed by atoms with Gasteiger partial charge in [-0.1, -0.05) is 0 Å². The molecule has 0 unspecified atom stereocenters. The molecule has 1 aliphatic carbocycles. The topological polar surface area (TPSA) is 110 Å². The van der Waals surface area contributed by atoms with E-state index in [2.05, 4.69) is 20.0 Å². The quantitative estimate of drug-likeness (QED) is 0.747. The maximum Gasteiger partial charge on any atom is 0.263 e. The van der Waals surface area contributed by atoms with Crippen LogP contribution in [0.15, 0.2) is 53.3 Å². The highest BCUT2D eigenvalue weighted by Gasteiger charge is 2.18. The van der Waals surface area contributed by atoms with Crippen molar-refractivity contribution >= 4 is 27.3 Å². The summed E-state index contributed by atoms with van der Waals surface area (Å²) in [6, 6.07) is 6.17. The lowest BCUT2D eigenvalue weighted by atomic mass is 10.2. The van der Waals surface area contributed by atoms with Crippen LogP contribution < -0.4 is 14.8 Å². The minimum absolute atomic E-state index is 0.0154. The number of ether oxygens (including phenoxy) is 1. The minimum Gasteiger partial charge on any atom is -0.478 e. The predicted molar refractivity (Wildman–Crippen MR) is 96.4 cm³/mol. The molecule has 1 aliphatic rings. The molecule has 2 aromatic rings. The van der Waals surface area contributed by atoms with E-state index in [0.717, 1.165) is 18.4 Å². The predicted octanol–water partition coefficient (Wildman–Crippen LogP) is 2.33. The lowest BCUT2D eigenvalue weighted by Gasteiger charge is -2.10. The van der Waals surface area contributed by atoms with Crippen LogP contribution in [0.2, 0.25) is 0 Å². The van der Waals surface area contributed by atoms with Gasteiger partial charge < -0.3 is 10.1 Å². The summed E-state index contributed by atoms with van der Waals surface area (Å²) in [5.41, 5.74) is 1.45. The van der Waals surface area contributed by atoms with Crippen LogP contribution in [-0.4, -0.2) is 31.3 Å². The molecule has 9 heteroatoms. The Morgan fingerprint density at radius 1 is 1.12 bits per heavy atom. The second-order valence-electron chi connectivity index (χ2n) is 5.63. The Balaban J connectivity index is 1.73. The number of benzene rings is 1. The van der Waals surface area contributed by atoms with E-state index in [1.165, 1.54) is 31.6 Å². The molecule has 2 N–H and O–H groups in total. The van der Waals surface area contributed by atoms with Crippen molar-refractivity contribution in [2.45, 2.75) is 24.2 Å². The summed E-state index contributed by atoms with van der Waals surface area (Å²) >= 11 is 0. The fourth-order valence-corrected chi connectivity index (χ4v) is 3.53. The molecule has 0 saturated heterocycles. The molecule has 0 radical (unpaired) electrons. The molecule has 0 atom stereocenters. The number of carbonyl (C=O) groups excluding carboxylic acids is 1. The molecular formula is C17H18N4O4S. The minimum atomic E-state index is -3.83. The fourth-order valence-electron chi connectivity index (χ4n) is 2.52. The number of hydrogen-bond donors (Lipinski definition) is 2. The van der Waals surface area contributed by atoms with Crippen LogP contribution in [0.3, 0.4) is 0 Å². The Kier molecular flexibility index (Phi) is 5.17. The van der Waals surface area contributed by atoms with Crippen molar-refractivity contribution in [3.63, 3.8) is 0 Å². The van der Waals surface area contributed by atoms with Gasteiger partial charge in [0.1, 0.15) is 0 Å². The number of sulfonamides is 1. The first-order valence-electron chi connectivity index (χ1n) is 7.96. The van der Waals surface area contributed by atoms with E-state index in [9.17, 15) is 13.2 Å². The molecule has 1 aromatic carbocycles. The van der Waals surface area contributed by atoms with Crippen molar-refractivity contribution in [3.8, 4) is 5.88 Å². The largest absolute Gasteiger partial charge is 0.478 e. The number of Topliss-reactive ketones (excluding diaryl/α,β-unsaturated/α-hetero) is 1. The number of ketones is 1. The van der Waals surface area contributed by atoms with Gasteiger partial charge in [-0.2, -0.15) is 0 Å². The zero-order valence-corrected chi connectivity index (χ0v) is 14.9. The number of aromatic nitrogens is 2. The van der Waals surface area contributed by atoms with E-state index in [0.29, 0.717) is 12.1 Å². The van der Waals surface area contributed by atoms with Crippen molar-refractivity contribution in [1.82, 2.24) is 9.97 Å². The lowest BCUT2D eigenvalue weighted by Crippen LogP contribution is -2.15. The Morgan fingerprint density at radius 2 is 1.85 bits per heavy atom. The molecular weight excluding hydrogens is 356 g/mol. The average Bonchev–Trinajstić information content (AvgIpc) is 3.05. The zero-order valence-electron chi connectivity index (χ0n) is 14.1. The van der Waals surface area contributed by atoms with Crippen molar-refractivity contribution < 1.29 is 17.9 Å². The maximum absolute atomic E-state index is 12.5. The summed E-state index contributed by atoms with van der Waals surface area (Å²) in [5.74, 6) is 0.253. The molecule has 136 valence electrons. The highest BCUT2D eigenvalue weighted by atomic mass is 32.2. The molecule has 1 fully saturated rings. The molecule has 0 aliphatic heterocycles. The van der Waals surface area contributed by atoms with Gasteiger partial charge in [-0.3, -0.25) is 9.52 Å². The van der Waals surface area contributed by atoms with Gasteiger partial charge in [-0.15, -0.1) is 0 Å². The molecule has 1 saturated carbocycles. The molecule has 1 heterocycles. The van der Waals surface area contributed by atoms with Crippen LogP contribution in [-0.2, 0) is 14.8 Å². The first-order chi connectivity index (χ1) is 12.5. The lowest BCUT2D eigenvalue weighted by molar-refractivity contribution is -0.114. The van der Waals surface area contributed by atoms with E-state index in [1.54, 1.807) is 18.3 Å². The first kappa shape index (κ1) is 17.9. The van der Waals surface area contributed by atoms with Crippen molar-refractivity contribution in [2.24, 2.45) is 0 Å². The van der Waals surface area contributed by atoms with Gasteiger partial charge in [0.05, 0.1) is 12.0 Å². The summed E-state index contributed by atoms with van der Waals surface area (Å²) in [6.07, 6.45) is 6.68. The third-order valence-electron chi connectivity index (χ3n) is 3.87. The standard InChI is InChI=1S/C17H18N4O4S/c1-25-17-16(18-9-10-19-17)21-26(23,24)14-7-5-13(6-8-14)20-11-12-3-2-4-15(12)22/h5-11,20H,2-4H2,1H3,(H,18,21)/b12-11+. The van der Waals surface area contributed by atoms with Crippen LogP contribution in [0.5, 0.6) is 5.88 Å². The molecule has 26 heavy (non-hydrogen) atoms. The van der Waals surface area contributed by atoms with Crippen LogP contribution in [0, 0.1) is 0 Å². The summed E-state index contributed by atoms with van der Waals surface area (Å²) in [7, 11) is -2.45. The van der Waals surface area contributed by atoms with Gasteiger partial charge in [0.25, 0.3) is 15.9 Å². The van der Waals surface area contributed by atoms with Gasteiger partial charge >= 0.3 is 0 Å². The number of methoxy groups -OCH3 is 1. The summed E-state index contributed by atoms with van der Waals surface area (Å²) in [5, 5.41) is 3.02. The number of rotatable bonds is 6. The van der Waals surface area contributed by atoms with Gasteiger partial charge in [0.2, 0.25) is 5.82 Å². The third kappa shape index (κ3) is 3.99. The third-order valence-corrected chi connectivity index (χ3v) is 5.23. The van der Waals surface area contributed by atoms with E-state index in [1.807, 2.05) is 0 Å². The number of hydrogen-bond acceptors (Lipinski definition) is 7. The Bertz CT molecular complexity index is 939. The number of anilines is 2. The Morgan fingerprint density at radius 3 is 2.50 bits per heavy atom. The second kappa shape index (κ2) is 7.52. The van der Waals surface area contributed by atoms with E-state index < -0.39 is 10.0 Å². The number of nitrogens with zero attached hydrogens (tertiary/aromatic N) is 2. The van der Waals surface area contributed by atoms with Crippen LogP contribution in [0.25, 0.3) is 0 Å². The van der Waals surface area contributed by atoms with Gasteiger partial charge in [0, 0.05) is 36.3 Å². The second-order valence-corrected chi connectivity index (χ2v) is 7.32. The molecule has 3 rings (SSSR count). The van der Waals surface area contributed by atoms with Crippen LogP contribution in [0.1, 0.15) is 19.3 Å². The first-order valence-corrected chi connectivity index (χ1v) is 9.44. The number of allylic oxidation sites excluding steroid dienone is 1. The fraction of sp³-hybridized carbons (Fsp3) is 0.235. The molecule has 0 amide bonds. The normalized spacial score (nSPS) is 15.9. The summed E-state index contributed by atoms with van der Waals surface area (Å²) < 4.78 is 32.3. The monoisotopic (exact) mass is 374 g/mol. The van der Waals surface area contributed by atoms with E-state index >= 15 is 0 Å². The number of nitrogens with one attached hydrogen (secondary N) is 2. The van der Waals surface area contributed by atoms with Crippen LogP contribution in [0.4, 0.5) is 11.5 Å². The van der Waals surface area contributed by atoms with Crippen LogP contribution >= 0.6 is 0 Å². The van der Waals surface area contributed by atoms with Crippen molar-refractivity contribution in [3.05, 3.63) is 48.4 Å². The maximum atomic E-state index is 12.5. The van der Waals surface area contributed by atoms with Gasteiger partial charge in [-0.05, 0) is 37.1 Å². The van der Waals surface area contributed by atoms with E-state index in [-0.39, 0.29) is 22.4 Å². The summed E-state index contributed by atoms with van der Waals surface area (Å²) in [6.45, 7) is 0. The number of carbonyl (C=O) groups is 1. The van der Waals surface area contributed by atoms with Crippen molar-refractivity contribution in [1.29, 1.82) is 0 Å². The summed E-state index contributed by atoms with van der Waals surface area (Å²) in [4.78, 5) is 19.5. The van der Waals surface area contributed by atoms with Gasteiger partial charge in [-0.25, -0.2) is 18.4 Å². The highest BCUT2D eigenvalue weighted by Crippen LogP contribution is 2.23. The Labute approximate surface area is 151 Å². The SMILES string of the molecule is COc1nccnc1NS(=O)(=O)c1ccc(N/C=C2\CCCC2=O)cc1. The van der Waals surface area contributed by atoms with E-state index in [4.69, 9.17) is 4.74 Å². The van der Waals surface area contributed by atoms with Gasteiger partial charge in [0.15, 0.2) is 5.78 Å². The highest BCUT2D eigenvalue weighted by molar-refractivity contribution is 7.92. The Hall–Kier alpha value is -2.94. The smallest absolute Gasteiger partial charge is 0.263 e. The zero-order chi connectivity index (χ0) is 18.6. The average molecular weight is 374 g/mol. The molecule has 1 aromatic heterocycles. The van der Waals surface area contributed by atoms with Crippen molar-refractivity contribution in [2.75, 3.05) is 17.1 Å².